The monoisotopic (exact) mass is 238 g/mol. The second-order valence-corrected chi connectivity index (χ2v) is 6.08. The van der Waals surface area contributed by atoms with Crippen LogP contribution in [0.5, 0.6) is 0 Å². The van der Waals surface area contributed by atoms with Gasteiger partial charge in [0.25, 0.3) is 0 Å². The van der Waals surface area contributed by atoms with Crippen molar-refractivity contribution in [2.75, 3.05) is 19.6 Å². The summed E-state index contributed by atoms with van der Waals surface area (Å²) in [5.74, 6) is 7.08. The maximum Gasteiger partial charge on any atom is 0.208 e. The third-order valence-corrected chi connectivity index (χ3v) is 4.14. The molecule has 1 aliphatic heterocycles. The van der Waals surface area contributed by atoms with Gasteiger partial charge in [-0.25, -0.2) is 5.84 Å². The van der Waals surface area contributed by atoms with Crippen LogP contribution in [0.3, 0.4) is 0 Å². The van der Waals surface area contributed by atoms with Crippen LogP contribution in [-0.4, -0.2) is 30.5 Å². The second kappa shape index (κ2) is 5.25. The fraction of sp³-hybridized carbons (Fsp3) is 0.923. The quantitative estimate of drug-likeness (QED) is 0.333. The molecule has 0 unspecified atom stereocenters. The molecule has 2 fully saturated rings. The van der Waals surface area contributed by atoms with Gasteiger partial charge in [-0.05, 0) is 30.6 Å². The molecule has 0 radical (unpaired) electrons. The molecule has 0 aromatic rings. The van der Waals surface area contributed by atoms with E-state index in [0.717, 1.165) is 25.6 Å². The molecule has 1 saturated carbocycles. The lowest BCUT2D eigenvalue weighted by Crippen LogP contribution is -2.44. The maximum atomic E-state index is 5.60. The highest BCUT2D eigenvalue weighted by Crippen LogP contribution is 2.45. The SMILES string of the molecule is CC(C)CN=C(NN)N1CCC2(CCCC2)C1. The van der Waals surface area contributed by atoms with Gasteiger partial charge in [0.2, 0.25) is 5.96 Å². The minimum absolute atomic E-state index is 0.579. The van der Waals surface area contributed by atoms with Crippen LogP contribution in [0, 0.1) is 11.3 Å². The van der Waals surface area contributed by atoms with E-state index in [1.54, 1.807) is 0 Å². The summed E-state index contributed by atoms with van der Waals surface area (Å²) in [6.07, 6.45) is 6.91. The van der Waals surface area contributed by atoms with Crippen molar-refractivity contribution in [3.8, 4) is 0 Å². The Morgan fingerprint density at radius 3 is 2.65 bits per heavy atom. The number of nitrogens with two attached hydrogens (primary N) is 1. The Morgan fingerprint density at radius 2 is 2.06 bits per heavy atom. The lowest BCUT2D eigenvalue weighted by Gasteiger charge is -2.25. The van der Waals surface area contributed by atoms with Crippen molar-refractivity contribution in [2.45, 2.75) is 46.0 Å². The van der Waals surface area contributed by atoms with Gasteiger partial charge in [-0.15, -0.1) is 0 Å². The van der Waals surface area contributed by atoms with Gasteiger partial charge in [-0.1, -0.05) is 26.7 Å². The molecule has 0 bridgehead atoms. The van der Waals surface area contributed by atoms with Crippen molar-refractivity contribution in [1.82, 2.24) is 10.3 Å². The van der Waals surface area contributed by atoms with Crippen molar-refractivity contribution < 1.29 is 0 Å². The van der Waals surface area contributed by atoms with Gasteiger partial charge in [0.15, 0.2) is 0 Å². The highest BCUT2D eigenvalue weighted by atomic mass is 15.4. The lowest BCUT2D eigenvalue weighted by atomic mass is 9.86. The molecule has 1 spiro atoms. The molecular formula is C13H26N4. The summed E-state index contributed by atoms with van der Waals surface area (Å²) in [5, 5.41) is 0. The minimum Gasteiger partial charge on any atom is -0.341 e. The zero-order valence-electron chi connectivity index (χ0n) is 11.2. The third kappa shape index (κ3) is 2.92. The van der Waals surface area contributed by atoms with Crippen LogP contribution in [-0.2, 0) is 0 Å². The summed E-state index contributed by atoms with van der Waals surface area (Å²) >= 11 is 0. The normalized spacial score (nSPS) is 24.0. The second-order valence-electron chi connectivity index (χ2n) is 6.08. The Labute approximate surface area is 105 Å². The number of hydrogen-bond donors (Lipinski definition) is 2. The van der Waals surface area contributed by atoms with Crippen molar-refractivity contribution >= 4 is 5.96 Å². The van der Waals surface area contributed by atoms with E-state index in [2.05, 4.69) is 29.2 Å². The molecule has 0 atom stereocenters. The number of hydrazine groups is 1. The molecule has 0 amide bonds. The van der Waals surface area contributed by atoms with Crippen molar-refractivity contribution in [2.24, 2.45) is 22.2 Å². The number of likely N-dealkylation sites (tertiary alicyclic amines) is 1. The minimum atomic E-state index is 0.579. The van der Waals surface area contributed by atoms with Gasteiger partial charge in [0.05, 0.1) is 0 Å². The predicted molar refractivity (Wildman–Crippen MR) is 71.6 cm³/mol. The van der Waals surface area contributed by atoms with Gasteiger partial charge in [-0.2, -0.15) is 0 Å². The van der Waals surface area contributed by atoms with Gasteiger partial charge < -0.3 is 4.90 Å². The molecule has 4 nitrogen and oxygen atoms in total. The summed E-state index contributed by atoms with van der Waals surface area (Å²) in [6, 6.07) is 0. The molecule has 4 heteroatoms. The van der Waals surface area contributed by atoms with E-state index < -0.39 is 0 Å². The van der Waals surface area contributed by atoms with Crippen LogP contribution in [0.2, 0.25) is 0 Å². The maximum absolute atomic E-state index is 5.60. The molecule has 3 N–H and O–H groups in total. The lowest BCUT2D eigenvalue weighted by molar-refractivity contribution is 0.309. The molecule has 1 saturated heterocycles. The fourth-order valence-electron chi connectivity index (χ4n) is 3.15. The number of aliphatic imine (C=N–C) groups is 1. The van der Waals surface area contributed by atoms with E-state index in [1.807, 2.05) is 0 Å². The van der Waals surface area contributed by atoms with Gasteiger partial charge in [0.1, 0.15) is 0 Å². The number of nitrogens with one attached hydrogen (secondary N) is 1. The zero-order chi connectivity index (χ0) is 12.3. The number of guanidine groups is 1. The first-order valence-electron chi connectivity index (χ1n) is 6.91. The Hall–Kier alpha value is -0.770. The molecule has 1 aliphatic carbocycles. The van der Waals surface area contributed by atoms with E-state index >= 15 is 0 Å². The zero-order valence-corrected chi connectivity index (χ0v) is 11.2. The molecule has 17 heavy (non-hydrogen) atoms. The summed E-state index contributed by atoms with van der Waals surface area (Å²) in [4.78, 5) is 6.93. The van der Waals surface area contributed by atoms with Crippen LogP contribution in [0.15, 0.2) is 4.99 Å². The van der Waals surface area contributed by atoms with E-state index in [-0.39, 0.29) is 0 Å². The van der Waals surface area contributed by atoms with E-state index in [1.165, 1.54) is 32.1 Å². The largest absolute Gasteiger partial charge is 0.341 e. The standard InChI is InChI=1S/C13H26N4/c1-11(2)9-15-12(16-14)17-8-7-13(10-17)5-3-4-6-13/h11H,3-10,14H2,1-2H3,(H,15,16). The van der Waals surface area contributed by atoms with Gasteiger partial charge in [-0.3, -0.25) is 10.4 Å². The van der Waals surface area contributed by atoms with Crippen LogP contribution in [0.25, 0.3) is 0 Å². The first-order valence-corrected chi connectivity index (χ1v) is 6.91. The highest BCUT2D eigenvalue weighted by Gasteiger charge is 2.40. The van der Waals surface area contributed by atoms with Gasteiger partial charge in [0, 0.05) is 19.6 Å². The topological polar surface area (TPSA) is 53.6 Å². The van der Waals surface area contributed by atoms with E-state index in [0.29, 0.717) is 11.3 Å². The number of rotatable bonds is 2. The van der Waals surface area contributed by atoms with Crippen molar-refractivity contribution in [1.29, 1.82) is 0 Å². The predicted octanol–water partition coefficient (Wildman–Crippen LogP) is 1.73. The molecule has 0 aromatic heterocycles. The van der Waals surface area contributed by atoms with Crippen molar-refractivity contribution in [3.63, 3.8) is 0 Å². The summed E-state index contributed by atoms with van der Waals surface area (Å²) in [6.45, 7) is 7.47. The number of hydrogen-bond acceptors (Lipinski definition) is 2. The van der Waals surface area contributed by atoms with Crippen LogP contribution in [0.4, 0.5) is 0 Å². The van der Waals surface area contributed by atoms with E-state index in [4.69, 9.17) is 5.84 Å². The Morgan fingerprint density at radius 1 is 1.35 bits per heavy atom. The summed E-state index contributed by atoms with van der Waals surface area (Å²) < 4.78 is 0. The van der Waals surface area contributed by atoms with Crippen molar-refractivity contribution in [3.05, 3.63) is 0 Å². The van der Waals surface area contributed by atoms with Crippen LogP contribution >= 0.6 is 0 Å². The first-order chi connectivity index (χ1) is 8.15. The molecule has 2 aliphatic rings. The Kier molecular flexibility index (Phi) is 3.92. The van der Waals surface area contributed by atoms with Crippen LogP contribution in [0.1, 0.15) is 46.0 Å². The van der Waals surface area contributed by atoms with E-state index in [9.17, 15) is 0 Å². The fourth-order valence-corrected chi connectivity index (χ4v) is 3.15. The molecule has 98 valence electrons. The molecule has 2 rings (SSSR count). The average Bonchev–Trinajstić information content (AvgIpc) is 2.91. The smallest absolute Gasteiger partial charge is 0.208 e. The summed E-state index contributed by atoms with van der Waals surface area (Å²) in [5.41, 5.74) is 3.36. The average molecular weight is 238 g/mol. The third-order valence-electron chi connectivity index (χ3n) is 4.14. The Bertz CT molecular complexity index is 279. The Balaban J connectivity index is 1.95. The molecular weight excluding hydrogens is 212 g/mol. The highest BCUT2D eigenvalue weighted by molar-refractivity contribution is 5.79. The molecule has 0 aromatic carbocycles. The first kappa shape index (κ1) is 12.7. The molecule has 1 heterocycles. The van der Waals surface area contributed by atoms with Crippen LogP contribution < -0.4 is 11.3 Å². The van der Waals surface area contributed by atoms with Gasteiger partial charge >= 0.3 is 0 Å². The number of nitrogens with zero attached hydrogens (tertiary/aromatic N) is 2. The summed E-state index contributed by atoms with van der Waals surface area (Å²) in [7, 11) is 0.